The van der Waals surface area contributed by atoms with Crippen LogP contribution in [0.5, 0.6) is 0 Å². The molecule has 25 heavy (non-hydrogen) atoms. The van der Waals surface area contributed by atoms with Gasteiger partial charge in [0.05, 0.1) is 0 Å². The summed E-state index contributed by atoms with van der Waals surface area (Å²) in [6.45, 7) is 14.1. The zero-order chi connectivity index (χ0) is 18.7. The maximum Gasteiger partial charge on any atom is -0.0155 e. The smallest absolute Gasteiger partial charge is 0.0155 e. The van der Waals surface area contributed by atoms with E-state index in [0.29, 0.717) is 0 Å². The van der Waals surface area contributed by atoms with Crippen molar-refractivity contribution in [2.24, 2.45) is 0 Å². The minimum absolute atomic E-state index is 1.16. The maximum atomic E-state index is 3.76. The predicted molar refractivity (Wildman–Crippen MR) is 114 cm³/mol. The normalized spacial score (nSPS) is 10.2. The Morgan fingerprint density at radius 1 is 0.760 bits per heavy atom. The highest BCUT2D eigenvalue weighted by Gasteiger charge is 1.92. The zero-order valence-corrected chi connectivity index (χ0v) is 16.2. The van der Waals surface area contributed by atoms with Gasteiger partial charge in [-0.15, -0.1) is 0 Å². The summed E-state index contributed by atoms with van der Waals surface area (Å²) in [6.07, 6.45) is 2.06. The standard InChI is InChI=1S/C11H10.C7H8.C7H12/c1-9-5-4-7-10-6-2-3-8-11(9)10;1-7-5-3-2-4-6-7;1-5-7(4)6(2)3/h2-8H,1H3;2-6H,1H3;5H,2H2,1,3-4H3/b;;7-5+. The van der Waals surface area contributed by atoms with Gasteiger partial charge in [0, 0.05) is 0 Å². The van der Waals surface area contributed by atoms with Crippen LogP contribution in [-0.2, 0) is 0 Å². The van der Waals surface area contributed by atoms with Crippen molar-refractivity contribution >= 4 is 10.8 Å². The van der Waals surface area contributed by atoms with Crippen LogP contribution >= 0.6 is 0 Å². The summed E-state index contributed by atoms with van der Waals surface area (Å²) in [5, 5.41) is 2.68. The molecule has 0 aliphatic rings. The average molecular weight is 331 g/mol. The van der Waals surface area contributed by atoms with Gasteiger partial charge in [-0.25, -0.2) is 0 Å². The molecule has 0 saturated carbocycles. The van der Waals surface area contributed by atoms with E-state index >= 15 is 0 Å². The molecule has 3 aromatic rings. The molecule has 0 aromatic heterocycles. The van der Waals surface area contributed by atoms with Gasteiger partial charge in [-0.3, -0.25) is 0 Å². The van der Waals surface area contributed by atoms with Gasteiger partial charge in [0.15, 0.2) is 0 Å². The summed E-state index contributed by atoms with van der Waals surface area (Å²) >= 11 is 0. The van der Waals surface area contributed by atoms with Crippen LogP contribution < -0.4 is 0 Å². The fourth-order valence-electron chi connectivity index (χ4n) is 2.17. The number of aryl methyl sites for hydroxylation is 2. The Balaban J connectivity index is 0.000000197. The molecule has 0 bridgehead atoms. The van der Waals surface area contributed by atoms with Crippen molar-refractivity contribution in [1.29, 1.82) is 0 Å². The number of hydrogen-bond acceptors (Lipinski definition) is 0. The molecule has 0 saturated heterocycles. The van der Waals surface area contributed by atoms with Crippen molar-refractivity contribution in [2.45, 2.75) is 34.6 Å². The summed E-state index contributed by atoms with van der Waals surface area (Å²) in [6, 6.07) is 25.1. The van der Waals surface area contributed by atoms with Crippen molar-refractivity contribution in [3.05, 3.63) is 108 Å². The van der Waals surface area contributed by atoms with E-state index in [1.54, 1.807) is 0 Å². The number of fused-ring (bicyclic) bond motifs is 1. The molecule has 0 atom stereocenters. The second-order valence-electron chi connectivity index (χ2n) is 6.20. The maximum absolute atomic E-state index is 3.76. The molecular weight excluding hydrogens is 300 g/mol. The van der Waals surface area contributed by atoms with Gasteiger partial charge in [0.25, 0.3) is 0 Å². The third kappa shape index (κ3) is 7.67. The second-order valence-corrected chi connectivity index (χ2v) is 6.20. The van der Waals surface area contributed by atoms with Crippen molar-refractivity contribution in [2.75, 3.05) is 0 Å². The van der Waals surface area contributed by atoms with E-state index in [1.807, 2.05) is 32.0 Å². The van der Waals surface area contributed by atoms with Crippen molar-refractivity contribution < 1.29 is 0 Å². The van der Waals surface area contributed by atoms with Crippen molar-refractivity contribution in [3.63, 3.8) is 0 Å². The molecule has 0 N–H and O–H groups in total. The van der Waals surface area contributed by atoms with Crippen LogP contribution in [0.2, 0.25) is 0 Å². The van der Waals surface area contributed by atoms with Crippen LogP contribution in [0.4, 0.5) is 0 Å². The molecule has 0 aliphatic carbocycles. The quantitative estimate of drug-likeness (QED) is 0.401. The number of rotatable bonds is 1. The van der Waals surface area contributed by atoms with Gasteiger partial charge in [-0.05, 0) is 51.0 Å². The van der Waals surface area contributed by atoms with Gasteiger partial charge >= 0.3 is 0 Å². The van der Waals surface area contributed by atoms with Crippen LogP contribution in [0.15, 0.2) is 96.6 Å². The Morgan fingerprint density at radius 3 is 1.76 bits per heavy atom. The van der Waals surface area contributed by atoms with Crippen molar-refractivity contribution in [1.82, 2.24) is 0 Å². The van der Waals surface area contributed by atoms with Crippen LogP contribution in [0, 0.1) is 13.8 Å². The summed E-state index contributed by atoms with van der Waals surface area (Å²) in [5.41, 5.74) is 5.10. The van der Waals surface area contributed by atoms with Crippen LogP contribution in [-0.4, -0.2) is 0 Å². The Kier molecular flexibility index (Phi) is 9.03. The highest BCUT2D eigenvalue weighted by atomic mass is 14.0. The molecule has 3 rings (SSSR count). The molecule has 0 heteroatoms. The topological polar surface area (TPSA) is 0 Å². The summed E-state index contributed by atoms with van der Waals surface area (Å²) in [5.74, 6) is 0. The Labute approximate surface area is 153 Å². The van der Waals surface area contributed by atoms with Gasteiger partial charge in [-0.2, -0.15) is 0 Å². The van der Waals surface area contributed by atoms with E-state index < -0.39 is 0 Å². The van der Waals surface area contributed by atoms with Gasteiger partial charge in [0.2, 0.25) is 0 Å². The second kappa shape index (κ2) is 11.0. The third-order valence-corrected chi connectivity index (χ3v) is 4.05. The van der Waals surface area contributed by atoms with E-state index in [2.05, 4.69) is 88.0 Å². The lowest BCUT2D eigenvalue weighted by Crippen LogP contribution is -1.75. The molecule has 130 valence electrons. The van der Waals surface area contributed by atoms with Gasteiger partial charge in [-0.1, -0.05) is 102 Å². The first-order valence-electron chi connectivity index (χ1n) is 8.70. The lowest BCUT2D eigenvalue weighted by Gasteiger charge is -1.98. The highest BCUT2D eigenvalue weighted by molar-refractivity contribution is 5.85. The SMILES string of the molecule is C=C(C)/C(C)=C/C.Cc1cccc2ccccc12.Cc1ccccc1. The summed E-state index contributed by atoms with van der Waals surface area (Å²) < 4.78 is 0. The Morgan fingerprint density at radius 2 is 1.32 bits per heavy atom. The largest absolute Gasteiger partial charge is 0.0959 e. The van der Waals surface area contributed by atoms with Crippen molar-refractivity contribution in [3.8, 4) is 0 Å². The Hall–Kier alpha value is -2.60. The van der Waals surface area contributed by atoms with E-state index in [1.165, 1.54) is 27.5 Å². The van der Waals surface area contributed by atoms with Crippen LogP contribution in [0.1, 0.15) is 31.9 Å². The molecule has 0 spiro atoms. The molecule has 0 unspecified atom stereocenters. The summed E-state index contributed by atoms with van der Waals surface area (Å²) in [7, 11) is 0. The highest BCUT2D eigenvalue weighted by Crippen LogP contribution is 2.16. The lowest BCUT2D eigenvalue weighted by molar-refractivity contribution is 1.34. The van der Waals surface area contributed by atoms with E-state index in [4.69, 9.17) is 0 Å². The van der Waals surface area contributed by atoms with Crippen LogP contribution in [0.3, 0.4) is 0 Å². The molecular formula is C25H30. The monoisotopic (exact) mass is 330 g/mol. The molecule has 0 radical (unpaired) electrons. The minimum Gasteiger partial charge on any atom is -0.0959 e. The Bertz CT molecular complexity index is 802. The van der Waals surface area contributed by atoms with E-state index in [-0.39, 0.29) is 0 Å². The molecule has 0 heterocycles. The molecule has 0 nitrogen and oxygen atoms in total. The molecule has 0 fully saturated rings. The fourth-order valence-corrected chi connectivity index (χ4v) is 2.17. The van der Waals surface area contributed by atoms with Gasteiger partial charge < -0.3 is 0 Å². The minimum atomic E-state index is 1.16. The first-order valence-corrected chi connectivity index (χ1v) is 8.70. The molecule has 0 amide bonds. The zero-order valence-electron chi connectivity index (χ0n) is 16.2. The number of allylic oxidation sites excluding steroid dienone is 3. The third-order valence-electron chi connectivity index (χ3n) is 4.05. The van der Waals surface area contributed by atoms with Crippen LogP contribution in [0.25, 0.3) is 10.8 Å². The van der Waals surface area contributed by atoms with E-state index in [9.17, 15) is 0 Å². The van der Waals surface area contributed by atoms with Gasteiger partial charge in [0.1, 0.15) is 0 Å². The molecule has 0 aliphatic heterocycles. The van der Waals surface area contributed by atoms with E-state index in [0.717, 1.165) is 5.57 Å². The number of benzene rings is 3. The molecule has 3 aromatic carbocycles. The average Bonchev–Trinajstić information content (AvgIpc) is 2.63. The number of hydrogen-bond donors (Lipinski definition) is 0. The first kappa shape index (κ1) is 20.4. The fraction of sp³-hybridized carbons (Fsp3) is 0.200. The predicted octanol–water partition coefficient (Wildman–Crippen LogP) is 7.67. The summed E-state index contributed by atoms with van der Waals surface area (Å²) in [4.78, 5) is 0. The lowest BCUT2D eigenvalue weighted by atomic mass is 10.1. The first-order chi connectivity index (χ1) is 12.0.